The molecule has 35 heavy (non-hydrogen) atoms. The number of aryl methyl sites for hydroxylation is 2. The summed E-state index contributed by atoms with van der Waals surface area (Å²) in [7, 11) is -4.03. The van der Waals surface area contributed by atoms with Gasteiger partial charge in [-0.05, 0) is 85.6 Å². The second-order valence-corrected chi connectivity index (χ2v) is 10.0. The first-order chi connectivity index (χ1) is 16.7. The van der Waals surface area contributed by atoms with E-state index in [2.05, 4.69) is 10.0 Å². The Morgan fingerprint density at radius 3 is 2.23 bits per heavy atom. The molecule has 2 N–H and O–H groups in total. The molecule has 0 saturated heterocycles. The number of amides is 1. The third-order valence-corrected chi connectivity index (χ3v) is 7.06. The molecule has 0 saturated carbocycles. The van der Waals surface area contributed by atoms with Crippen LogP contribution in [0.1, 0.15) is 21.5 Å². The molecule has 0 fully saturated rings. The SMILES string of the molecule is Cc1ccc(C)c(NS(=O)(=O)c2cc(C(=O)Nc3ccc(Oc4ccccc4)cc3)ccc2Cl)c1. The molecule has 0 unspecified atom stereocenters. The molecule has 6 nitrogen and oxygen atoms in total. The van der Waals surface area contributed by atoms with Crippen molar-refractivity contribution >= 4 is 38.9 Å². The average Bonchev–Trinajstić information content (AvgIpc) is 2.83. The van der Waals surface area contributed by atoms with Crippen molar-refractivity contribution in [1.82, 2.24) is 0 Å². The molecular formula is C27H23ClN2O4S. The van der Waals surface area contributed by atoms with Gasteiger partial charge in [-0.1, -0.05) is 41.9 Å². The highest BCUT2D eigenvalue weighted by atomic mass is 35.5. The van der Waals surface area contributed by atoms with Crippen LogP contribution in [0, 0.1) is 13.8 Å². The normalized spacial score (nSPS) is 11.1. The van der Waals surface area contributed by atoms with Crippen molar-refractivity contribution in [2.24, 2.45) is 0 Å². The summed E-state index contributed by atoms with van der Waals surface area (Å²) in [6, 6.07) is 25.8. The Morgan fingerprint density at radius 2 is 1.51 bits per heavy atom. The highest BCUT2D eigenvalue weighted by Crippen LogP contribution is 2.28. The lowest BCUT2D eigenvalue weighted by Crippen LogP contribution is -2.17. The van der Waals surface area contributed by atoms with Crippen LogP contribution in [0.5, 0.6) is 11.5 Å². The van der Waals surface area contributed by atoms with E-state index in [4.69, 9.17) is 16.3 Å². The number of nitrogens with one attached hydrogen (secondary N) is 2. The molecule has 0 aliphatic carbocycles. The predicted molar refractivity (Wildman–Crippen MR) is 139 cm³/mol. The van der Waals surface area contributed by atoms with Gasteiger partial charge < -0.3 is 10.1 Å². The lowest BCUT2D eigenvalue weighted by Gasteiger charge is -2.13. The van der Waals surface area contributed by atoms with E-state index in [1.54, 1.807) is 37.3 Å². The Balaban J connectivity index is 1.51. The van der Waals surface area contributed by atoms with Crippen LogP contribution in [0.3, 0.4) is 0 Å². The number of hydrogen-bond donors (Lipinski definition) is 2. The van der Waals surface area contributed by atoms with Gasteiger partial charge in [-0.3, -0.25) is 9.52 Å². The van der Waals surface area contributed by atoms with Gasteiger partial charge >= 0.3 is 0 Å². The zero-order chi connectivity index (χ0) is 25.0. The number of benzene rings is 4. The number of ether oxygens (including phenoxy) is 1. The summed E-state index contributed by atoms with van der Waals surface area (Å²) < 4.78 is 34.5. The fourth-order valence-corrected chi connectivity index (χ4v) is 4.98. The zero-order valence-corrected chi connectivity index (χ0v) is 20.7. The van der Waals surface area contributed by atoms with E-state index in [0.717, 1.165) is 11.1 Å². The zero-order valence-electron chi connectivity index (χ0n) is 19.1. The number of halogens is 1. The quantitative estimate of drug-likeness (QED) is 0.288. The van der Waals surface area contributed by atoms with Crippen LogP contribution in [-0.2, 0) is 10.0 Å². The molecule has 0 aromatic heterocycles. The van der Waals surface area contributed by atoms with Crippen molar-refractivity contribution < 1.29 is 17.9 Å². The van der Waals surface area contributed by atoms with Crippen molar-refractivity contribution in [3.63, 3.8) is 0 Å². The maximum atomic E-state index is 13.1. The summed E-state index contributed by atoms with van der Waals surface area (Å²) in [5.74, 6) is 0.849. The summed E-state index contributed by atoms with van der Waals surface area (Å²) in [5.41, 5.74) is 2.81. The summed E-state index contributed by atoms with van der Waals surface area (Å²) in [6.07, 6.45) is 0. The Labute approximate surface area is 209 Å². The van der Waals surface area contributed by atoms with Crippen LogP contribution in [0.25, 0.3) is 0 Å². The van der Waals surface area contributed by atoms with Gasteiger partial charge in [0.1, 0.15) is 16.4 Å². The molecule has 8 heteroatoms. The van der Waals surface area contributed by atoms with Crippen LogP contribution < -0.4 is 14.8 Å². The number of hydrogen-bond acceptors (Lipinski definition) is 4. The van der Waals surface area contributed by atoms with Crippen molar-refractivity contribution in [3.8, 4) is 11.5 Å². The molecule has 0 radical (unpaired) electrons. The third-order valence-electron chi connectivity index (χ3n) is 5.21. The lowest BCUT2D eigenvalue weighted by atomic mass is 10.1. The smallest absolute Gasteiger partial charge is 0.263 e. The van der Waals surface area contributed by atoms with E-state index in [0.29, 0.717) is 22.9 Å². The molecule has 0 aliphatic rings. The fourth-order valence-electron chi connectivity index (χ4n) is 3.33. The molecule has 0 atom stereocenters. The summed E-state index contributed by atoms with van der Waals surface area (Å²) in [6.45, 7) is 3.68. The van der Waals surface area contributed by atoms with Crippen molar-refractivity contribution in [1.29, 1.82) is 0 Å². The van der Waals surface area contributed by atoms with Crippen molar-refractivity contribution in [3.05, 3.63) is 113 Å². The van der Waals surface area contributed by atoms with E-state index in [1.807, 2.05) is 49.4 Å². The Morgan fingerprint density at radius 1 is 0.829 bits per heavy atom. The average molecular weight is 507 g/mol. The number of para-hydroxylation sites is 1. The van der Waals surface area contributed by atoms with E-state index < -0.39 is 15.9 Å². The minimum atomic E-state index is -4.03. The molecule has 1 amide bonds. The van der Waals surface area contributed by atoms with Crippen LogP contribution in [0.15, 0.2) is 95.9 Å². The molecule has 178 valence electrons. The van der Waals surface area contributed by atoms with Gasteiger partial charge in [-0.2, -0.15) is 0 Å². The molecule has 0 spiro atoms. The summed E-state index contributed by atoms with van der Waals surface area (Å²) >= 11 is 6.20. The van der Waals surface area contributed by atoms with Crippen molar-refractivity contribution in [2.75, 3.05) is 10.0 Å². The highest BCUT2D eigenvalue weighted by molar-refractivity contribution is 7.92. The van der Waals surface area contributed by atoms with Gasteiger partial charge in [0, 0.05) is 11.3 Å². The first-order valence-corrected chi connectivity index (χ1v) is 12.6. The second kappa shape index (κ2) is 10.2. The monoisotopic (exact) mass is 506 g/mol. The van der Waals surface area contributed by atoms with Crippen LogP contribution in [0.4, 0.5) is 11.4 Å². The van der Waals surface area contributed by atoms with Crippen LogP contribution >= 0.6 is 11.6 Å². The van der Waals surface area contributed by atoms with Gasteiger partial charge in [-0.25, -0.2) is 8.42 Å². The van der Waals surface area contributed by atoms with Gasteiger partial charge in [-0.15, -0.1) is 0 Å². The maximum absolute atomic E-state index is 13.1. The Bertz CT molecular complexity index is 1470. The number of sulfonamides is 1. The summed E-state index contributed by atoms with van der Waals surface area (Å²) in [5, 5.41) is 2.78. The van der Waals surface area contributed by atoms with E-state index in [-0.39, 0.29) is 15.5 Å². The van der Waals surface area contributed by atoms with E-state index >= 15 is 0 Å². The van der Waals surface area contributed by atoms with Crippen molar-refractivity contribution in [2.45, 2.75) is 18.7 Å². The maximum Gasteiger partial charge on any atom is 0.263 e. The molecule has 0 aliphatic heterocycles. The molecular weight excluding hydrogens is 484 g/mol. The van der Waals surface area contributed by atoms with E-state index in [1.165, 1.54) is 18.2 Å². The minimum Gasteiger partial charge on any atom is -0.457 e. The topological polar surface area (TPSA) is 84.5 Å². The van der Waals surface area contributed by atoms with Crippen LogP contribution in [-0.4, -0.2) is 14.3 Å². The number of rotatable bonds is 7. The summed E-state index contributed by atoms with van der Waals surface area (Å²) in [4.78, 5) is 12.7. The van der Waals surface area contributed by atoms with Gasteiger partial charge in [0.25, 0.3) is 15.9 Å². The van der Waals surface area contributed by atoms with E-state index in [9.17, 15) is 13.2 Å². The largest absolute Gasteiger partial charge is 0.457 e. The molecule has 0 bridgehead atoms. The number of carbonyl (C=O) groups is 1. The first kappa shape index (κ1) is 24.3. The number of anilines is 2. The molecule has 4 aromatic rings. The molecule has 4 rings (SSSR count). The molecule has 4 aromatic carbocycles. The van der Waals surface area contributed by atoms with Gasteiger partial charge in [0.05, 0.1) is 10.7 Å². The lowest BCUT2D eigenvalue weighted by molar-refractivity contribution is 0.102. The Hall–Kier alpha value is -3.81. The molecule has 0 heterocycles. The van der Waals surface area contributed by atoms with Crippen LogP contribution in [0.2, 0.25) is 5.02 Å². The highest BCUT2D eigenvalue weighted by Gasteiger charge is 2.21. The van der Waals surface area contributed by atoms with Gasteiger partial charge in [0.2, 0.25) is 0 Å². The fraction of sp³-hybridized carbons (Fsp3) is 0.0741. The second-order valence-electron chi connectivity index (χ2n) is 7.96. The third kappa shape index (κ3) is 6.01. The Kier molecular flexibility index (Phi) is 7.10. The minimum absolute atomic E-state index is 0.0155. The van der Waals surface area contributed by atoms with Gasteiger partial charge in [0.15, 0.2) is 0 Å². The number of carbonyl (C=O) groups excluding carboxylic acids is 1. The standard InChI is InChI=1S/C27H23ClN2O4S/c1-18-8-9-19(2)25(16-18)30-35(32,33)26-17-20(10-15-24(26)28)27(31)29-21-11-13-23(14-12-21)34-22-6-4-3-5-7-22/h3-17,30H,1-2H3,(H,29,31). The first-order valence-electron chi connectivity index (χ1n) is 10.8. The predicted octanol–water partition coefficient (Wildman–Crippen LogP) is 6.80.